The number of likely N-dealkylation sites (N-methyl/N-ethyl adjacent to an activating group) is 2. The Morgan fingerprint density at radius 1 is 1.06 bits per heavy atom. The number of nitrogens with zero attached hydrogens (tertiary/aromatic N) is 2. The molecule has 4 atom stereocenters. The number of aliphatic hydroxyl groups excluding tert-OH is 1. The van der Waals surface area contributed by atoms with E-state index in [0.29, 0.717) is 9.87 Å². The van der Waals surface area contributed by atoms with E-state index in [0.717, 1.165) is 18.2 Å². The van der Waals surface area contributed by atoms with Crippen molar-refractivity contribution in [1.82, 2.24) is 5.32 Å². The Labute approximate surface area is 274 Å². The van der Waals surface area contributed by atoms with Crippen LogP contribution in [0.1, 0.15) is 23.1 Å². The van der Waals surface area contributed by atoms with Gasteiger partial charge in [-0.05, 0) is 49.4 Å². The molecule has 0 aromatic heterocycles. The molecule has 2 aliphatic heterocycles. The third kappa shape index (κ3) is 5.34. The molecule has 5 rings (SSSR count). The topological polar surface area (TPSA) is 131 Å². The lowest BCUT2D eigenvalue weighted by atomic mass is 9.78. The predicted octanol–water partition coefficient (Wildman–Crippen LogP) is 3.87. The number of fused-ring (bicyclic) bond motifs is 1. The van der Waals surface area contributed by atoms with Crippen LogP contribution in [-0.2, 0) is 25.2 Å². The van der Waals surface area contributed by atoms with Crippen molar-refractivity contribution >= 4 is 39.1 Å². The average molecular weight is 699 g/mol. The Bertz CT molecular complexity index is 1870. The van der Waals surface area contributed by atoms with E-state index in [9.17, 15) is 31.5 Å². The fourth-order valence-corrected chi connectivity index (χ4v) is 8.62. The molecule has 0 saturated carbocycles. The lowest BCUT2D eigenvalue weighted by Gasteiger charge is -2.48. The second-order valence-corrected chi connectivity index (χ2v) is 13.7. The van der Waals surface area contributed by atoms with Crippen LogP contribution in [0.25, 0.3) is 0 Å². The Morgan fingerprint density at radius 3 is 2.38 bits per heavy atom. The molecule has 0 spiro atoms. The maximum absolute atomic E-state index is 15.4. The Balaban J connectivity index is 1.91. The highest BCUT2D eigenvalue weighted by Gasteiger charge is 2.72. The number of quaternary nitrogens is 1. The van der Waals surface area contributed by atoms with E-state index in [2.05, 4.69) is 10.1 Å². The van der Waals surface area contributed by atoms with Crippen molar-refractivity contribution in [3.63, 3.8) is 0 Å². The zero-order valence-corrected chi connectivity index (χ0v) is 27.5. The number of anilines is 1. The second-order valence-electron chi connectivity index (χ2n) is 11.5. The third-order valence-corrected chi connectivity index (χ3v) is 10.8. The van der Waals surface area contributed by atoms with E-state index >= 15 is 4.79 Å². The monoisotopic (exact) mass is 698 g/mol. The number of nitrogens with one attached hydrogen (secondary N) is 1. The van der Waals surface area contributed by atoms with E-state index < -0.39 is 61.0 Å². The lowest BCUT2D eigenvalue weighted by molar-refractivity contribution is -0.953. The van der Waals surface area contributed by atoms with E-state index in [4.69, 9.17) is 21.1 Å². The van der Waals surface area contributed by atoms with E-state index in [1.807, 2.05) is 0 Å². The number of rotatable bonds is 8. The molecule has 2 N–H and O–H groups in total. The van der Waals surface area contributed by atoms with Gasteiger partial charge in [0.2, 0.25) is 5.54 Å². The summed E-state index contributed by atoms with van der Waals surface area (Å²) in [5.74, 6) is -2.80. The molecular formula is C31H32ClF3N3O8S+. The van der Waals surface area contributed by atoms with Gasteiger partial charge in [0, 0.05) is 24.6 Å². The molecule has 2 aliphatic rings. The molecule has 3 aromatic rings. The first-order valence-electron chi connectivity index (χ1n) is 14.2. The molecule has 2 unspecified atom stereocenters. The van der Waals surface area contributed by atoms with E-state index in [1.54, 1.807) is 32.2 Å². The number of sulfonamides is 1. The molecule has 16 heteroatoms. The molecule has 0 aliphatic carbocycles. The first-order chi connectivity index (χ1) is 22.0. The van der Waals surface area contributed by atoms with Gasteiger partial charge < -0.3 is 24.6 Å². The third-order valence-electron chi connectivity index (χ3n) is 8.79. The zero-order valence-electron chi connectivity index (χ0n) is 25.9. The molecule has 0 bridgehead atoms. The van der Waals surface area contributed by atoms with Crippen molar-refractivity contribution in [2.75, 3.05) is 39.2 Å². The van der Waals surface area contributed by atoms with Crippen LogP contribution in [0.4, 0.5) is 18.9 Å². The molecule has 252 valence electrons. The normalized spacial score (nSPS) is 24.2. The van der Waals surface area contributed by atoms with Gasteiger partial charge >= 0.3 is 12.3 Å². The lowest BCUT2D eigenvalue weighted by Crippen LogP contribution is -2.69. The van der Waals surface area contributed by atoms with Gasteiger partial charge in [0.1, 0.15) is 29.0 Å². The number of ether oxygens (including phenoxy) is 3. The highest BCUT2D eigenvalue weighted by atomic mass is 35.5. The fraction of sp³-hybridized carbons (Fsp3) is 0.355. The molecule has 2 amide bonds. The molecule has 3 aromatic carbocycles. The van der Waals surface area contributed by atoms with Crippen LogP contribution in [0.5, 0.6) is 17.2 Å². The van der Waals surface area contributed by atoms with Crippen LogP contribution in [0.2, 0.25) is 5.02 Å². The summed E-state index contributed by atoms with van der Waals surface area (Å²) in [7, 11) is 0.238. The van der Waals surface area contributed by atoms with Gasteiger partial charge in [0.15, 0.2) is 11.8 Å². The van der Waals surface area contributed by atoms with Crippen LogP contribution in [-0.4, -0.2) is 83.2 Å². The summed E-state index contributed by atoms with van der Waals surface area (Å²) in [6, 6.07) is 10.5. The van der Waals surface area contributed by atoms with Crippen molar-refractivity contribution in [2.24, 2.45) is 0 Å². The summed E-state index contributed by atoms with van der Waals surface area (Å²) in [6.45, 7) is 1.53. The van der Waals surface area contributed by atoms with E-state index in [-0.39, 0.29) is 46.3 Å². The number of carbonyl (C=O) groups is 2. The quantitative estimate of drug-likeness (QED) is 0.339. The summed E-state index contributed by atoms with van der Waals surface area (Å²) in [5.41, 5.74) is -1.56. The standard InChI is InChI=1S/C31H31ClF3N3O8S/c1-17-6-10-25(45-5)22(12-17)30(38(3)16-19(39)14-24(38)28(40)36-2)21-13-18(32)7-9-23(21)37(29(30)41)47(42,43)27-11-8-20(44-4)15-26(27)46-31(33,34)35/h6-13,15,19,24,39H,14,16H2,1-5H3/p+1/t19-,24+,30?,38?/m1/s1. The van der Waals surface area contributed by atoms with Crippen LogP contribution >= 0.6 is 11.6 Å². The largest absolute Gasteiger partial charge is 0.573 e. The van der Waals surface area contributed by atoms with Crippen molar-refractivity contribution in [2.45, 2.75) is 42.3 Å². The van der Waals surface area contributed by atoms with Crippen LogP contribution in [0.3, 0.4) is 0 Å². The summed E-state index contributed by atoms with van der Waals surface area (Å²) in [4.78, 5) is 27.9. The van der Waals surface area contributed by atoms with Crippen LogP contribution < -0.4 is 23.8 Å². The summed E-state index contributed by atoms with van der Waals surface area (Å²) in [6.07, 6.45) is -6.50. The molecule has 2 heterocycles. The first-order valence-corrected chi connectivity index (χ1v) is 16.0. The Morgan fingerprint density at radius 2 is 1.77 bits per heavy atom. The van der Waals surface area contributed by atoms with Crippen LogP contribution in [0, 0.1) is 6.92 Å². The summed E-state index contributed by atoms with van der Waals surface area (Å²) < 4.78 is 84.6. The number of likely N-dealkylation sites (tertiary alicyclic amines) is 1. The Kier molecular flexibility index (Phi) is 8.67. The molecule has 11 nitrogen and oxygen atoms in total. The molecular weight excluding hydrogens is 667 g/mol. The molecule has 0 radical (unpaired) electrons. The number of benzene rings is 3. The van der Waals surface area contributed by atoms with Crippen molar-refractivity contribution < 1.29 is 55.0 Å². The molecule has 1 fully saturated rings. The van der Waals surface area contributed by atoms with Gasteiger partial charge in [-0.1, -0.05) is 23.2 Å². The van der Waals surface area contributed by atoms with Crippen molar-refractivity contribution in [3.8, 4) is 17.2 Å². The maximum atomic E-state index is 15.4. The molecule has 47 heavy (non-hydrogen) atoms. The minimum absolute atomic E-state index is 0.0276. The zero-order chi connectivity index (χ0) is 34.7. The minimum atomic E-state index is -5.30. The highest BCUT2D eigenvalue weighted by Crippen LogP contribution is 2.58. The number of alkyl halides is 3. The molecule has 1 saturated heterocycles. The number of halogens is 4. The number of aliphatic hydroxyl groups is 1. The number of aryl methyl sites for hydroxylation is 1. The summed E-state index contributed by atoms with van der Waals surface area (Å²) in [5, 5.41) is 13.7. The van der Waals surface area contributed by atoms with E-state index in [1.165, 1.54) is 39.5 Å². The van der Waals surface area contributed by atoms with Crippen molar-refractivity contribution in [1.29, 1.82) is 0 Å². The number of amides is 2. The van der Waals surface area contributed by atoms with Crippen molar-refractivity contribution in [3.05, 3.63) is 76.3 Å². The first kappa shape index (κ1) is 34.3. The predicted molar refractivity (Wildman–Crippen MR) is 164 cm³/mol. The van der Waals surface area contributed by atoms with Gasteiger partial charge in [0.05, 0.1) is 38.1 Å². The average Bonchev–Trinajstić information content (AvgIpc) is 3.46. The Hall–Kier alpha value is -4.05. The fourth-order valence-electron chi connectivity index (χ4n) is 6.88. The minimum Gasteiger partial charge on any atom is -0.497 e. The summed E-state index contributed by atoms with van der Waals surface area (Å²) >= 11 is 6.50. The van der Waals surface area contributed by atoms with Gasteiger partial charge in [-0.15, -0.1) is 13.2 Å². The maximum Gasteiger partial charge on any atom is 0.573 e. The number of hydrogen-bond donors (Lipinski definition) is 2. The number of carbonyl (C=O) groups excluding carboxylic acids is 2. The van der Waals surface area contributed by atoms with Gasteiger partial charge in [-0.25, -0.2) is 8.42 Å². The highest BCUT2D eigenvalue weighted by molar-refractivity contribution is 7.93. The number of methoxy groups -OCH3 is 2. The SMILES string of the molecule is CNC(=O)[C@@H]1C[C@@H](O)C[N+]1(C)C1(c2cc(C)ccc2OC)C(=O)N(S(=O)(=O)c2ccc(OC)cc2OC(F)(F)F)c2ccc(Cl)cc21. The van der Waals surface area contributed by atoms with Crippen LogP contribution in [0.15, 0.2) is 59.5 Å². The smallest absolute Gasteiger partial charge is 0.497 e. The van der Waals surface area contributed by atoms with Gasteiger partial charge in [-0.3, -0.25) is 14.1 Å². The van der Waals surface area contributed by atoms with Gasteiger partial charge in [-0.2, -0.15) is 4.31 Å². The van der Waals surface area contributed by atoms with Gasteiger partial charge in [0.25, 0.3) is 15.9 Å². The second kappa shape index (κ2) is 11.9. The number of hydrogen-bond acceptors (Lipinski definition) is 8.